The summed E-state index contributed by atoms with van der Waals surface area (Å²) in [6.45, 7) is 5.58. The van der Waals surface area contributed by atoms with Crippen LogP contribution in [0.4, 0.5) is 10.5 Å². The Labute approximate surface area is 148 Å². The summed E-state index contributed by atoms with van der Waals surface area (Å²) in [4.78, 5) is 13.2. The molecule has 1 aliphatic heterocycles. The zero-order valence-corrected chi connectivity index (χ0v) is 14.6. The molecule has 0 bridgehead atoms. The Hall–Kier alpha value is -2.37. The first kappa shape index (κ1) is 17.5. The summed E-state index contributed by atoms with van der Waals surface area (Å²) >= 11 is 0. The molecule has 1 fully saturated rings. The first-order valence-electron chi connectivity index (χ1n) is 8.57. The first-order valence-corrected chi connectivity index (χ1v) is 8.57. The van der Waals surface area contributed by atoms with Gasteiger partial charge in [0.1, 0.15) is 6.61 Å². The molecule has 0 aliphatic carbocycles. The highest BCUT2D eigenvalue weighted by atomic mass is 16.6. The lowest BCUT2D eigenvalue weighted by molar-refractivity contribution is 0.170. The van der Waals surface area contributed by atoms with Crippen molar-refractivity contribution in [3.63, 3.8) is 0 Å². The van der Waals surface area contributed by atoms with Crippen molar-refractivity contribution in [2.75, 3.05) is 24.6 Å². The monoisotopic (exact) mass is 340 g/mol. The summed E-state index contributed by atoms with van der Waals surface area (Å²) in [5.41, 5.74) is 4.01. The van der Waals surface area contributed by atoms with Crippen molar-refractivity contribution in [2.24, 2.45) is 0 Å². The Kier molecular flexibility index (Phi) is 5.36. The molecule has 1 aliphatic rings. The van der Waals surface area contributed by atoms with Gasteiger partial charge < -0.3 is 15.2 Å². The number of amides is 1. The van der Waals surface area contributed by atoms with Crippen molar-refractivity contribution in [3.05, 3.63) is 65.2 Å². The van der Waals surface area contributed by atoms with Crippen molar-refractivity contribution in [2.45, 2.75) is 26.0 Å². The molecule has 2 atom stereocenters. The van der Waals surface area contributed by atoms with Crippen molar-refractivity contribution in [1.82, 2.24) is 5.32 Å². The molecular weight excluding hydrogens is 316 g/mol. The maximum absolute atomic E-state index is 11.6. The normalized spacial score (nSPS) is 16.6. The van der Waals surface area contributed by atoms with E-state index in [0.29, 0.717) is 19.7 Å². The van der Waals surface area contributed by atoms with E-state index in [1.165, 1.54) is 0 Å². The van der Waals surface area contributed by atoms with Crippen LogP contribution in [0.5, 0.6) is 0 Å². The highest BCUT2D eigenvalue weighted by molar-refractivity contribution is 5.89. The molecule has 0 spiro atoms. The second-order valence-corrected chi connectivity index (χ2v) is 6.42. The van der Waals surface area contributed by atoms with Gasteiger partial charge in [0.25, 0.3) is 0 Å². The maximum atomic E-state index is 11.6. The molecule has 1 saturated heterocycles. The molecule has 2 N–H and O–H groups in total. The second-order valence-electron chi connectivity index (χ2n) is 6.42. The summed E-state index contributed by atoms with van der Waals surface area (Å²) in [6, 6.07) is 15.9. The predicted molar refractivity (Wildman–Crippen MR) is 97.7 cm³/mol. The van der Waals surface area contributed by atoms with Crippen LogP contribution in [0.15, 0.2) is 48.5 Å². The van der Waals surface area contributed by atoms with E-state index >= 15 is 0 Å². The van der Waals surface area contributed by atoms with Crippen LogP contribution in [-0.2, 0) is 4.74 Å². The van der Waals surface area contributed by atoms with Gasteiger partial charge in [0.15, 0.2) is 0 Å². The van der Waals surface area contributed by atoms with Crippen LogP contribution in [0, 0.1) is 6.92 Å². The number of hydrogen-bond acceptors (Lipinski definition) is 4. The highest BCUT2D eigenvalue weighted by Gasteiger charge is 2.23. The van der Waals surface area contributed by atoms with Crippen molar-refractivity contribution in [1.29, 1.82) is 0 Å². The Bertz CT molecular complexity index is 730. The summed E-state index contributed by atoms with van der Waals surface area (Å²) < 4.78 is 4.96. The summed E-state index contributed by atoms with van der Waals surface area (Å²) in [7, 11) is 0. The number of aliphatic hydroxyl groups excluding tert-OH is 1. The van der Waals surface area contributed by atoms with Crippen molar-refractivity contribution < 1.29 is 14.6 Å². The number of hydrogen-bond donors (Lipinski definition) is 2. The summed E-state index contributed by atoms with van der Waals surface area (Å²) in [5, 5.41) is 13.7. The van der Waals surface area contributed by atoms with E-state index in [9.17, 15) is 9.90 Å². The fourth-order valence-electron chi connectivity index (χ4n) is 2.97. The number of nitrogens with zero attached hydrogens (tertiary/aromatic N) is 1. The number of nitrogens with one attached hydrogen (secondary N) is 1. The lowest BCUT2D eigenvalue weighted by Gasteiger charge is -2.19. The zero-order valence-electron chi connectivity index (χ0n) is 14.6. The van der Waals surface area contributed by atoms with Gasteiger partial charge in [-0.2, -0.15) is 0 Å². The predicted octanol–water partition coefficient (Wildman–Crippen LogP) is 3.34. The number of rotatable bonds is 6. The topological polar surface area (TPSA) is 61.8 Å². The minimum Gasteiger partial charge on any atom is -0.447 e. The Morgan fingerprint density at radius 3 is 2.60 bits per heavy atom. The number of aryl methyl sites for hydroxylation is 1. The first-order chi connectivity index (χ1) is 12.0. The molecule has 2 aromatic carbocycles. The molecule has 2 aromatic rings. The van der Waals surface area contributed by atoms with Crippen LogP contribution in [0.2, 0.25) is 0 Å². The SMILES string of the molecule is Cc1cccc(C(O)CNC(C)c2ccc(N3CCOC3=O)cc2)c1. The van der Waals surface area contributed by atoms with E-state index in [1.54, 1.807) is 4.90 Å². The third-order valence-electron chi connectivity index (χ3n) is 4.51. The quantitative estimate of drug-likeness (QED) is 0.847. The smallest absolute Gasteiger partial charge is 0.414 e. The van der Waals surface area contributed by atoms with Gasteiger partial charge in [-0.25, -0.2) is 4.79 Å². The number of cyclic esters (lactones) is 1. The maximum Gasteiger partial charge on any atom is 0.414 e. The largest absolute Gasteiger partial charge is 0.447 e. The van der Waals surface area contributed by atoms with Gasteiger partial charge in [-0.1, -0.05) is 42.0 Å². The van der Waals surface area contributed by atoms with Gasteiger partial charge in [-0.3, -0.25) is 4.90 Å². The van der Waals surface area contributed by atoms with Crippen LogP contribution >= 0.6 is 0 Å². The molecule has 1 amide bonds. The average Bonchev–Trinajstić information content (AvgIpc) is 3.05. The fraction of sp³-hybridized carbons (Fsp3) is 0.350. The molecule has 25 heavy (non-hydrogen) atoms. The third-order valence-corrected chi connectivity index (χ3v) is 4.51. The molecule has 132 valence electrons. The van der Waals surface area contributed by atoms with Crippen LogP contribution < -0.4 is 10.2 Å². The van der Waals surface area contributed by atoms with Gasteiger partial charge in [0.2, 0.25) is 0 Å². The number of benzene rings is 2. The standard InChI is InChI=1S/C20H24N2O3/c1-14-4-3-5-17(12-14)19(23)13-21-15(2)16-6-8-18(9-7-16)22-10-11-25-20(22)24/h3-9,12,15,19,21,23H,10-11,13H2,1-2H3. The summed E-state index contributed by atoms with van der Waals surface area (Å²) in [5.74, 6) is 0. The number of anilines is 1. The minimum absolute atomic E-state index is 0.0963. The number of carbonyl (C=O) groups is 1. The van der Waals surface area contributed by atoms with Crippen LogP contribution in [0.1, 0.15) is 35.8 Å². The molecule has 1 heterocycles. The lowest BCUT2D eigenvalue weighted by atomic mass is 10.0. The van der Waals surface area contributed by atoms with E-state index in [-0.39, 0.29) is 12.1 Å². The Morgan fingerprint density at radius 1 is 1.20 bits per heavy atom. The highest BCUT2D eigenvalue weighted by Crippen LogP contribution is 2.22. The van der Waals surface area contributed by atoms with Gasteiger partial charge in [0, 0.05) is 18.3 Å². The molecule has 2 unspecified atom stereocenters. The van der Waals surface area contributed by atoms with Gasteiger partial charge >= 0.3 is 6.09 Å². The van der Waals surface area contributed by atoms with E-state index in [2.05, 4.69) is 12.2 Å². The third kappa shape index (κ3) is 4.18. The van der Waals surface area contributed by atoms with Gasteiger partial charge in [-0.05, 0) is 37.1 Å². The zero-order chi connectivity index (χ0) is 17.8. The van der Waals surface area contributed by atoms with Crippen molar-refractivity contribution >= 4 is 11.8 Å². The molecule has 5 heteroatoms. The molecular formula is C20H24N2O3. The second kappa shape index (κ2) is 7.68. The van der Waals surface area contributed by atoms with E-state index < -0.39 is 6.10 Å². The molecule has 0 aromatic heterocycles. The van der Waals surface area contributed by atoms with E-state index in [0.717, 1.165) is 22.4 Å². The average molecular weight is 340 g/mol. The minimum atomic E-state index is -0.541. The Balaban J connectivity index is 1.57. The van der Waals surface area contributed by atoms with Crippen LogP contribution in [-0.4, -0.2) is 30.9 Å². The fourth-order valence-corrected chi connectivity index (χ4v) is 2.97. The number of ether oxygens (including phenoxy) is 1. The lowest BCUT2D eigenvalue weighted by Crippen LogP contribution is -2.25. The van der Waals surface area contributed by atoms with Crippen molar-refractivity contribution in [3.8, 4) is 0 Å². The Morgan fingerprint density at radius 2 is 1.96 bits per heavy atom. The molecule has 3 rings (SSSR count). The van der Waals surface area contributed by atoms with E-state index in [4.69, 9.17) is 4.74 Å². The summed E-state index contributed by atoms with van der Waals surface area (Å²) in [6.07, 6.45) is -0.832. The molecule has 0 saturated carbocycles. The van der Waals surface area contributed by atoms with Crippen LogP contribution in [0.3, 0.4) is 0 Å². The van der Waals surface area contributed by atoms with E-state index in [1.807, 2.05) is 55.5 Å². The molecule has 0 radical (unpaired) electrons. The number of aliphatic hydroxyl groups is 1. The molecule has 5 nitrogen and oxygen atoms in total. The number of carbonyl (C=O) groups excluding carboxylic acids is 1. The van der Waals surface area contributed by atoms with Gasteiger partial charge in [0.05, 0.1) is 12.6 Å². The van der Waals surface area contributed by atoms with Gasteiger partial charge in [-0.15, -0.1) is 0 Å². The van der Waals surface area contributed by atoms with Crippen LogP contribution in [0.25, 0.3) is 0 Å².